The van der Waals surface area contributed by atoms with Crippen LogP contribution < -0.4 is 11.1 Å². The molecule has 0 radical (unpaired) electrons. The molecule has 0 spiro atoms. The summed E-state index contributed by atoms with van der Waals surface area (Å²) in [5, 5.41) is 11.0. The Bertz CT molecular complexity index is 462. The largest absolute Gasteiger partial charge is 0.370 e. The van der Waals surface area contributed by atoms with Crippen molar-refractivity contribution in [2.75, 3.05) is 5.32 Å². The van der Waals surface area contributed by atoms with E-state index in [4.69, 9.17) is 16.1 Å². The highest BCUT2D eigenvalue weighted by Gasteiger charge is 2.31. The monoisotopic (exact) mass is 278 g/mol. The van der Waals surface area contributed by atoms with Gasteiger partial charge in [-0.25, -0.2) is 4.98 Å². The Morgan fingerprint density at radius 2 is 2.00 bits per heavy atom. The first kappa shape index (κ1) is 12.9. The quantitative estimate of drug-likeness (QED) is 0.573. The number of aryl methyl sites for hydroxylation is 1. The van der Waals surface area contributed by atoms with Crippen molar-refractivity contribution in [1.29, 1.82) is 5.41 Å². The van der Waals surface area contributed by atoms with Crippen LogP contribution in [0, 0.1) is 11.3 Å². The molecule has 0 bridgehead atoms. The van der Waals surface area contributed by atoms with E-state index in [0.29, 0.717) is 5.92 Å². The summed E-state index contributed by atoms with van der Waals surface area (Å²) in [5.74, 6) is 1.48. The number of guanidine groups is 1. The average Bonchev–Trinajstić information content (AvgIpc) is 2.80. The fraction of sp³-hybridized carbons (Fsp3) is 0.714. The van der Waals surface area contributed by atoms with Gasteiger partial charge >= 0.3 is 0 Å². The van der Waals surface area contributed by atoms with Crippen LogP contribution in [0.4, 0.5) is 5.13 Å². The Labute approximate surface area is 118 Å². The Morgan fingerprint density at radius 1 is 1.21 bits per heavy atom. The molecule has 3 rings (SSSR count). The molecule has 1 atom stereocenters. The van der Waals surface area contributed by atoms with E-state index in [0.717, 1.165) is 17.5 Å². The van der Waals surface area contributed by atoms with Crippen LogP contribution in [-0.2, 0) is 6.42 Å². The van der Waals surface area contributed by atoms with Gasteiger partial charge in [-0.1, -0.05) is 19.3 Å². The van der Waals surface area contributed by atoms with Gasteiger partial charge < -0.3 is 11.1 Å². The molecule has 1 aromatic heterocycles. The normalized spacial score (nSPS) is 23.9. The Hall–Kier alpha value is -1.10. The zero-order chi connectivity index (χ0) is 13.2. The number of fused-ring (bicyclic) bond motifs is 1. The van der Waals surface area contributed by atoms with Gasteiger partial charge in [0.05, 0.1) is 5.69 Å². The van der Waals surface area contributed by atoms with Gasteiger partial charge in [0.25, 0.3) is 0 Å². The Balaban J connectivity index is 1.82. The van der Waals surface area contributed by atoms with Gasteiger partial charge in [0.1, 0.15) is 0 Å². The molecule has 2 aliphatic carbocycles. The zero-order valence-corrected chi connectivity index (χ0v) is 12.1. The summed E-state index contributed by atoms with van der Waals surface area (Å²) in [4.78, 5) is 6.16. The van der Waals surface area contributed by atoms with Crippen molar-refractivity contribution >= 4 is 22.4 Å². The van der Waals surface area contributed by atoms with Crippen molar-refractivity contribution in [2.45, 2.75) is 57.3 Å². The minimum Gasteiger partial charge on any atom is -0.370 e. The van der Waals surface area contributed by atoms with E-state index in [2.05, 4.69) is 5.32 Å². The third kappa shape index (κ3) is 2.76. The molecule has 0 unspecified atom stereocenters. The first-order valence-electron chi connectivity index (χ1n) is 7.34. The van der Waals surface area contributed by atoms with E-state index in [9.17, 15) is 0 Å². The van der Waals surface area contributed by atoms with Crippen LogP contribution >= 0.6 is 11.3 Å². The van der Waals surface area contributed by atoms with E-state index >= 15 is 0 Å². The van der Waals surface area contributed by atoms with Gasteiger partial charge in [0, 0.05) is 10.8 Å². The van der Waals surface area contributed by atoms with Crippen LogP contribution in [0.25, 0.3) is 0 Å². The van der Waals surface area contributed by atoms with E-state index in [1.165, 1.54) is 55.5 Å². The molecule has 4 N–H and O–H groups in total. The second kappa shape index (κ2) is 5.49. The lowest BCUT2D eigenvalue weighted by molar-refractivity contribution is 0.281. The highest BCUT2D eigenvalue weighted by molar-refractivity contribution is 7.15. The predicted octanol–water partition coefficient (Wildman–Crippen LogP) is 3.45. The maximum atomic E-state index is 7.32. The van der Waals surface area contributed by atoms with Crippen LogP contribution in [0.5, 0.6) is 0 Å². The maximum Gasteiger partial charge on any atom is 0.192 e. The number of aromatic nitrogens is 1. The second-order valence-electron chi connectivity index (χ2n) is 5.76. The van der Waals surface area contributed by atoms with Crippen molar-refractivity contribution in [1.82, 2.24) is 4.98 Å². The molecule has 104 valence electrons. The number of hydrogen-bond donors (Lipinski definition) is 3. The lowest BCUT2D eigenvalue weighted by atomic mass is 9.74. The predicted molar refractivity (Wildman–Crippen MR) is 79.9 cm³/mol. The summed E-state index contributed by atoms with van der Waals surface area (Å²) in [7, 11) is 0. The molecule has 0 aliphatic heterocycles. The lowest BCUT2D eigenvalue weighted by Crippen LogP contribution is -2.21. The summed E-state index contributed by atoms with van der Waals surface area (Å²) in [6, 6.07) is 0. The molecule has 4 nitrogen and oxygen atoms in total. The molecular formula is C14H22N4S. The van der Waals surface area contributed by atoms with Crippen molar-refractivity contribution < 1.29 is 0 Å². The van der Waals surface area contributed by atoms with Crippen molar-refractivity contribution in [3.05, 3.63) is 10.6 Å². The maximum absolute atomic E-state index is 7.32. The average molecular weight is 278 g/mol. The lowest BCUT2D eigenvalue weighted by Gasteiger charge is -2.32. The van der Waals surface area contributed by atoms with Gasteiger partial charge in [-0.05, 0) is 38.0 Å². The molecule has 1 aromatic rings. The fourth-order valence-electron chi connectivity index (χ4n) is 3.62. The number of nitrogens with one attached hydrogen (secondary N) is 2. The summed E-state index contributed by atoms with van der Waals surface area (Å²) < 4.78 is 0. The third-order valence-electron chi connectivity index (χ3n) is 4.46. The Morgan fingerprint density at radius 3 is 2.74 bits per heavy atom. The Kier molecular flexibility index (Phi) is 3.73. The second-order valence-corrected chi connectivity index (χ2v) is 6.85. The number of hydrogen-bond acceptors (Lipinski definition) is 3. The van der Waals surface area contributed by atoms with Crippen LogP contribution in [-0.4, -0.2) is 10.9 Å². The minimum atomic E-state index is -0.0136. The molecular weight excluding hydrogens is 256 g/mol. The first-order valence-corrected chi connectivity index (χ1v) is 8.16. The summed E-state index contributed by atoms with van der Waals surface area (Å²) in [6.07, 6.45) is 10.7. The third-order valence-corrected chi connectivity index (χ3v) is 5.50. The molecule has 5 heteroatoms. The minimum absolute atomic E-state index is 0.0136. The SMILES string of the molecule is N=C(N)Nc1nc2c(s1)CCC[C@H]2C1CCCCC1. The molecule has 1 fully saturated rings. The standard InChI is InChI=1S/C14H22N4S/c15-13(16)18-14-17-12-10(7-4-8-11(12)19-14)9-5-2-1-3-6-9/h9-10H,1-8H2,(H4,15,16,17,18)/t10-/m0/s1. The number of rotatable bonds is 2. The summed E-state index contributed by atoms with van der Waals surface area (Å²) in [5.41, 5.74) is 6.71. The van der Waals surface area contributed by atoms with Gasteiger partial charge in [-0.3, -0.25) is 5.41 Å². The van der Waals surface area contributed by atoms with Gasteiger partial charge in [-0.15, -0.1) is 11.3 Å². The van der Waals surface area contributed by atoms with Gasteiger partial charge in [0.15, 0.2) is 11.1 Å². The number of nitrogens with zero attached hydrogens (tertiary/aromatic N) is 1. The highest BCUT2D eigenvalue weighted by atomic mass is 32.1. The van der Waals surface area contributed by atoms with Crippen LogP contribution in [0.3, 0.4) is 0 Å². The molecule has 0 aromatic carbocycles. The van der Waals surface area contributed by atoms with Crippen LogP contribution in [0.15, 0.2) is 0 Å². The zero-order valence-electron chi connectivity index (χ0n) is 11.2. The first-order chi connectivity index (χ1) is 9.24. The fourth-order valence-corrected chi connectivity index (χ4v) is 4.70. The van der Waals surface area contributed by atoms with Crippen molar-refractivity contribution in [2.24, 2.45) is 11.7 Å². The molecule has 2 aliphatic rings. The van der Waals surface area contributed by atoms with E-state index < -0.39 is 0 Å². The molecule has 1 saturated carbocycles. The number of anilines is 1. The van der Waals surface area contributed by atoms with E-state index in [1.54, 1.807) is 11.3 Å². The highest BCUT2D eigenvalue weighted by Crippen LogP contribution is 2.44. The number of thiazole rings is 1. The van der Waals surface area contributed by atoms with Crippen LogP contribution in [0.1, 0.15) is 61.4 Å². The van der Waals surface area contributed by atoms with Gasteiger partial charge in [-0.2, -0.15) is 0 Å². The summed E-state index contributed by atoms with van der Waals surface area (Å²) >= 11 is 1.69. The van der Waals surface area contributed by atoms with E-state index in [-0.39, 0.29) is 5.96 Å². The molecule has 0 amide bonds. The molecule has 1 heterocycles. The summed E-state index contributed by atoms with van der Waals surface area (Å²) in [6.45, 7) is 0. The van der Waals surface area contributed by atoms with E-state index in [1.807, 2.05) is 0 Å². The van der Waals surface area contributed by atoms with Crippen LogP contribution in [0.2, 0.25) is 0 Å². The number of nitrogens with two attached hydrogens (primary N) is 1. The topological polar surface area (TPSA) is 74.8 Å². The molecule has 19 heavy (non-hydrogen) atoms. The molecule has 0 saturated heterocycles. The smallest absolute Gasteiger partial charge is 0.192 e. The van der Waals surface area contributed by atoms with Crippen molar-refractivity contribution in [3.63, 3.8) is 0 Å². The van der Waals surface area contributed by atoms with Gasteiger partial charge in [0.2, 0.25) is 0 Å². The van der Waals surface area contributed by atoms with Crippen molar-refractivity contribution in [3.8, 4) is 0 Å².